The molecule has 2 aromatic carbocycles. The summed E-state index contributed by atoms with van der Waals surface area (Å²) in [5.74, 6) is 0. The van der Waals surface area contributed by atoms with Gasteiger partial charge in [-0.25, -0.2) is 0 Å². The third-order valence-electron chi connectivity index (χ3n) is 3.87. The fourth-order valence-corrected chi connectivity index (χ4v) is 2.96. The van der Waals surface area contributed by atoms with E-state index < -0.39 is 6.04 Å². The van der Waals surface area contributed by atoms with Crippen LogP contribution >= 0.6 is 0 Å². The maximum Gasteiger partial charge on any atom is 0.238 e. The first kappa shape index (κ1) is 12.7. The maximum absolute atomic E-state index is 11.3. The zero-order valence-electron chi connectivity index (χ0n) is 11.1. The zero-order chi connectivity index (χ0) is 13.9. The van der Waals surface area contributed by atoms with Crippen LogP contribution < -0.4 is 4.90 Å². The molecule has 1 heterocycles. The lowest BCUT2D eigenvalue weighted by molar-refractivity contribution is -0.523. The van der Waals surface area contributed by atoms with Crippen LogP contribution in [-0.4, -0.2) is 17.5 Å². The number of hydrogen-bond donors (Lipinski definition) is 0. The first-order chi connectivity index (χ1) is 9.77. The number of rotatable bonds is 3. The van der Waals surface area contributed by atoms with E-state index in [0.29, 0.717) is 6.42 Å². The Bertz CT molecular complexity index is 586. The molecule has 4 nitrogen and oxygen atoms in total. The molecule has 0 aliphatic carbocycles. The van der Waals surface area contributed by atoms with Crippen molar-refractivity contribution in [2.24, 2.45) is 0 Å². The first-order valence-corrected chi connectivity index (χ1v) is 6.77. The fraction of sp³-hybridized carbons (Fsp3) is 0.250. The van der Waals surface area contributed by atoms with Crippen molar-refractivity contribution < 1.29 is 4.92 Å². The van der Waals surface area contributed by atoms with E-state index in [2.05, 4.69) is 4.90 Å². The molecule has 0 saturated carbocycles. The average molecular weight is 268 g/mol. The molecular formula is C16H16N2O2. The van der Waals surface area contributed by atoms with Gasteiger partial charge in [0.05, 0.1) is 0 Å². The lowest BCUT2D eigenvalue weighted by Crippen LogP contribution is -2.31. The Balaban J connectivity index is 2.00. The van der Waals surface area contributed by atoms with Gasteiger partial charge in [-0.05, 0) is 17.7 Å². The molecule has 0 spiro atoms. The van der Waals surface area contributed by atoms with Crippen LogP contribution in [0.5, 0.6) is 0 Å². The Morgan fingerprint density at radius 3 is 2.20 bits per heavy atom. The van der Waals surface area contributed by atoms with E-state index in [1.807, 2.05) is 60.7 Å². The van der Waals surface area contributed by atoms with Crippen molar-refractivity contribution in [1.82, 2.24) is 0 Å². The predicted molar refractivity (Wildman–Crippen MR) is 78.4 cm³/mol. The molecule has 0 bridgehead atoms. The number of nitro groups is 1. The molecule has 0 unspecified atom stereocenters. The van der Waals surface area contributed by atoms with Gasteiger partial charge in [-0.15, -0.1) is 0 Å². The average Bonchev–Trinajstić information content (AvgIpc) is 2.94. The van der Waals surface area contributed by atoms with E-state index in [-0.39, 0.29) is 11.0 Å². The highest BCUT2D eigenvalue weighted by molar-refractivity contribution is 5.50. The van der Waals surface area contributed by atoms with Gasteiger partial charge < -0.3 is 4.90 Å². The van der Waals surface area contributed by atoms with Crippen LogP contribution in [0.4, 0.5) is 5.69 Å². The molecule has 1 fully saturated rings. The van der Waals surface area contributed by atoms with Crippen molar-refractivity contribution in [3.8, 4) is 0 Å². The highest BCUT2D eigenvalue weighted by Crippen LogP contribution is 2.37. The fourth-order valence-electron chi connectivity index (χ4n) is 2.96. The molecule has 4 heteroatoms. The van der Waals surface area contributed by atoms with Gasteiger partial charge in [0, 0.05) is 23.6 Å². The van der Waals surface area contributed by atoms with E-state index in [9.17, 15) is 10.1 Å². The van der Waals surface area contributed by atoms with E-state index >= 15 is 0 Å². The van der Waals surface area contributed by atoms with Crippen LogP contribution in [0.2, 0.25) is 0 Å². The summed E-state index contributed by atoms with van der Waals surface area (Å²) in [6, 6.07) is 19.0. The number of nitrogens with zero attached hydrogens (tertiary/aromatic N) is 2. The molecule has 0 amide bonds. The molecule has 0 radical (unpaired) electrons. The molecule has 1 aliphatic heterocycles. The molecule has 102 valence electrons. The molecule has 2 atom stereocenters. The van der Waals surface area contributed by atoms with Crippen molar-refractivity contribution in [2.75, 3.05) is 11.4 Å². The number of anilines is 1. The quantitative estimate of drug-likeness (QED) is 0.634. The van der Waals surface area contributed by atoms with Gasteiger partial charge in [0.25, 0.3) is 0 Å². The predicted octanol–water partition coefficient (Wildman–Crippen LogP) is 3.28. The first-order valence-electron chi connectivity index (χ1n) is 6.77. The van der Waals surface area contributed by atoms with Crippen LogP contribution in [0.3, 0.4) is 0 Å². The molecule has 0 aromatic heterocycles. The van der Waals surface area contributed by atoms with Gasteiger partial charge in [-0.3, -0.25) is 10.1 Å². The summed E-state index contributed by atoms with van der Waals surface area (Å²) < 4.78 is 0. The number of para-hydroxylation sites is 1. The van der Waals surface area contributed by atoms with Gasteiger partial charge in [0.1, 0.15) is 6.04 Å². The lowest BCUT2D eigenvalue weighted by atomic mass is 10.0. The molecule has 0 N–H and O–H groups in total. The summed E-state index contributed by atoms with van der Waals surface area (Å²) in [7, 11) is 0. The third-order valence-corrected chi connectivity index (χ3v) is 3.87. The summed E-state index contributed by atoms with van der Waals surface area (Å²) in [5, 5.41) is 11.3. The van der Waals surface area contributed by atoms with E-state index in [1.165, 1.54) is 0 Å². The Morgan fingerprint density at radius 1 is 1.00 bits per heavy atom. The second kappa shape index (κ2) is 5.33. The summed E-state index contributed by atoms with van der Waals surface area (Å²) in [5.41, 5.74) is 2.06. The summed E-state index contributed by atoms with van der Waals surface area (Å²) >= 11 is 0. The highest BCUT2D eigenvalue weighted by Gasteiger charge is 2.43. The Morgan fingerprint density at radius 2 is 1.60 bits per heavy atom. The van der Waals surface area contributed by atoms with Crippen LogP contribution in [0, 0.1) is 10.1 Å². The molecule has 20 heavy (non-hydrogen) atoms. The minimum Gasteiger partial charge on any atom is -0.358 e. The minimum atomic E-state index is -0.544. The summed E-state index contributed by atoms with van der Waals surface area (Å²) in [6.07, 6.45) is 0.585. The normalized spacial score (nSPS) is 21.9. The van der Waals surface area contributed by atoms with E-state index in [4.69, 9.17) is 0 Å². The van der Waals surface area contributed by atoms with Crippen LogP contribution in [0.1, 0.15) is 18.0 Å². The summed E-state index contributed by atoms with van der Waals surface area (Å²) in [4.78, 5) is 13.3. The molecule has 2 aromatic rings. The van der Waals surface area contributed by atoms with E-state index in [0.717, 1.165) is 17.8 Å². The molecular weight excluding hydrogens is 252 g/mol. The molecule has 3 rings (SSSR count). The van der Waals surface area contributed by atoms with Crippen molar-refractivity contribution in [1.29, 1.82) is 0 Å². The second-order valence-electron chi connectivity index (χ2n) is 5.03. The highest BCUT2D eigenvalue weighted by atomic mass is 16.6. The van der Waals surface area contributed by atoms with Crippen molar-refractivity contribution in [3.63, 3.8) is 0 Å². The molecule has 1 saturated heterocycles. The van der Waals surface area contributed by atoms with Crippen molar-refractivity contribution in [3.05, 3.63) is 76.3 Å². The van der Waals surface area contributed by atoms with E-state index in [1.54, 1.807) is 0 Å². The van der Waals surface area contributed by atoms with Crippen LogP contribution in [0.25, 0.3) is 0 Å². The van der Waals surface area contributed by atoms with Gasteiger partial charge >= 0.3 is 0 Å². The summed E-state index contributed by atoms with van der Waals surface area (Å²) in [6.45, 7) is 0.717. The largest absolute Gasteiger partial charge is 0.358 e. The Labute approximate surface area is 117 Å². The minimum absolute atomic E-state index is 0.138. The number of hydrogen-bond acceptors (Lipinski definition) is 3. The third kappa shape index (κ3) is 2.25. The van der Waals surface area contributed by atoms with Gasteiger partial charge in [0.15, 0.2) is 0 Å². The Hall–Kier alpha value is -2.36. The van der Waals surface area contributed by atoms with Gasteiger partial charge in [0.2, 0.25) is 6.04 Å². The van der Waals surface area contributed by atoms with Crippen LogP contribution in [-0.2, 0) is 0 Å². The zero-order valence-corrected chi connectivity index (χ0v) is 11.1. The maximum atomic E-state index is 11.3. The van der Waals surface area contributed by atoms with Crippen molar-refractivity contribution in [2.45, 2.75) is 18.5 Å². The lowest BCUT2D eigenvalue weighted by Gasteiger charge is -2.27. The van der Waals surface area contributed by atoms with Crippen molar-refractivity contribution >= 4 is 5.69 Å². The monoisotopic (exact) mass is 268 g/mol. The smallest absolute Gasteiger partial charge is 0.238 e. The van der Waals surface area contributed by atoms with Crippen LogP contribution in [0.15, 0.2) is 60.7 Å². The second-order valence-corrected chi connectivity index (χ2v) is 5.03. The van der Waals surface area contributed by atoms with Gasteiger partial charge in [-0.1, -0.05) is 48.5 Å². The Kier molecular flexibility index (Phi) is 3.37. The number of benzene rings is 2. The van der Waals surface area contributed by atoms with Gasteiger partial charge in [-0.2, -0.15) is 0 Å². The SMILES string of the molecule is O=[N+]([O-])[C@H]1CCN(c2ccccc2)[C@@H]1c1ccccc1. The standard InChI is InChI=1S/C16H16N2O2/c19-18(20)15-11-12-17(14-9-5-2-6-10-14)16(15)13-7-3-1-4-8-13/h1-10,15-16H,11-12H2/t15-,16+/m0/s1. The topological polar surface area (TPSA) is 46.4 Å². The molecule has 1 aliphatic rings.